The Kier molecular flexibility index (Phi) is 4.36. The van der Waals surface area contributed by atoms with Crippen molar-refractivity contribution in [3.8, 4) is 0 Å². The summed E-state index contributed by atoms with van der Waals surface area (Å²) in [5.41, 5.74) is 3.38. The molecule has 0 radical (unpaired) electrons. The zero-order valence-electron chi connectivity index (χ0n) is 11.6. The van der Waals surface area contributed by atoms with Crippen molar-refractivity contribution in [2.75, 3.05) is 7.05 Å². The van der Waals surface area contributed by atoms with Crippen LogP contribution in [0.1, 0.15) is 33.9 Å². The van der Waals surface area contributed by atoms with Crippen LogP contribution in [-0.4, -0.2) is 17.9 Å². The van der Waals surface area contributed by atoms with E-state index in [1.165, 1.54) is 11.1 Å². The van der Waals surface area contributed by atoms with Gasteiger partial charge in [-0.15, -0.1) is 0 Å². The van der Waals surface area contributed by atoms with Gasteiger partial charge in [-0.2, -0.15) is 0 Å². The Morgan fingerprint density at radius 3 is 2.86 bits per heavy atom. The minimum absolute atomic E-state index is 0.0714. The van der Waals surface area contributed by atoms with Crippen molar-refractivity contribution in [2.45, 2.75) is 18.9 Å². The van der Waals surface area contributed by atoms with E-state index < -0.39 is 0 Å². The summed E-state index contributed by atoms with van der Waals surface area (Å²) in [4.78, 5) is 14.7. The maximum atomic E-state index is 12.8. The average molecular weight is 456 g/mol. The summed E-state index contributed by atoms with van der Waals surface area (Å²) in [5, 5.41) is 0. The Bertz CT molecular complexity index is 701. The van der Waals surface area contributed by atoms with Gasteiger partial charge in [-0.05, 0) is 80.7 Å². The fourth-order valence-corrected chi connectivity index (χ4v) is 3.84. The summed E-state index contributed by atoms with van der Waals surface area (Å²) in [6, 6.07) is 14.5. The molecule has 0 spiro atoms. The lowest BCUT2D eigenvalue weighted by molar-refractivity contribution is 0.0729. The lowest BCUT2D eigenvalue weighted by atomic mass is 10.1. The van der Waals surface area contributed by atoms with Crippen molar-refractivity contribution in [3.05, 3.63) is 67.2 Å². The molecule has 1 unspecified atom stereocenters. The fraction of sp³-hybridized carbons (Fsp3) is 0.235. The molecule has 0 heterocycles. The molecule has 2 aromatic rings. The van der Waals surface area contributed by atoms with E-state index in [4.69, 9.17) is 0 Å². The molecule has 0 N–H and O–H groups in total. The summed E-state index contributed by atoms with van der Waals surface area (Å²) in [7, 11) is 1.90. The molecule has 1 atom stereocenters. The molecule has 3 rings (SSSR count). The van der Waals surface area contributed by atoms with Crippen molar-refractivity contribution in [3.63, 3.8) is 0 Å². The molecule has 0 aromatic heterocycles. The molecule has 0 bridgehead atoms. The van der Waals surface area contributed by atoms with Crippen molar-refractivity contribution in [1.82, 2.24) is 4.90 Å². The first-order chi connectivity index (χ1) is 10.1. The lowest BCUT2D eigenvalue weighted by Crippen LogP contribution is -2.30. The van der Waals surface area contributed by atoms with Crippen LogP contribution in [0.15, 0.2) is 46.9 Å². The van der Waals surface area contributed by atoms with Crippen LogP contribution in [0.3, 0.4) is 0 Å². The highest BCUT2D eigenvalue weighted by molar-refractivity contribution is 14.1. The van der Waals surface area contributed by atoms with Crippen LogP contribution >= 0.6 is 38.5 Å². The predicted octanol–water partition coefficient (Wildman–Crippen LogP) is 4.81. The first-order valence-corrected chi connectivity index (χ1v) is 8.75. The molecule has 0 fully saturated rings. The van der Waals surface area contributed by atoms with Gasteiger partial charge < -0.3 is 4.90 Å². The lowest BCUT2D eigenvalue weighted by Gasteiger charge is -2.26. The second-order valence-electron chi connectivity index (χ2n) is 5.29. The first kappa shape index (κ1) is 15.0. The van der Waals surface area contributed by atoms with Gasteiger partial charge in [0.05, 0.1) is 11.6 Å². The number of hydrogen-bond acceptors (Lipinski definition) is 1. The van der Waals surface area contributed by atoms with Crippen LogP contribution in [-0.2, 0) is 6.42 Å². The summed E-state index contributed by atoms with van der Waals surface area (Å²) >= 11 is 5.72. The van der Waals surface area contributed by atoms with Crippen LogP contribution in [0, 0.1) is 3.57 Å². The smallest absolute Gasteiger partial charge is 0.255 e. The molecule has 1 aliphatic carbocycles. The molecule has 108 valence electrons. The number of rotatable bonds is 2. The molecule has 2 aromatic carbocycles. The van der Waals surface area contributed by atoms with Crippen LogP contribution in [0.2, 0.25) is 0 Å². The monoisotopic (exact) mass is 455 g/mol. The topological polar surface area (TPSA) is 20.3 Å². The maximum absolute atomic E-state index is 12.8. The van der Waals surface area contributed by atoms with Gasteiger partial charge in [-0.1, -0.05) is 24.3 Å². The third kappa shape index (κ3) is 2.88. The van der Waals surface area contributed by atoms with Crippen LogP contribution in [0.4, 0.5) is 0 Å². The van der Waals surface area contributed by atoms with Crippen molar-refractivity contribution in [1.29, 1.82) is 0 Å². The number of fused-ring (bicyclic) bond motifs is 1. The molecule has 4 heteroatoms. The molecule has 1 aliphatic rings. The number of nitrogens with zero attached hydrogens (tertiary/aromatic N) is 1. The summed E-state index contributed by atoms with van der Waals surface area (Å²) in [5.74, 6) is 0.0714. The number of benzene rings is 2. The van der Waals surface area contributed by atoms with Crippen LogP contribution < -0.4 is 0 Å². The first-order valence-electron chi connectivity index (χ1n) is 6.88. The van der Waals surface area contributed by atoms with Gasteiger partial charge in [0.1, 0.15) is 0 Å². The Morgan fingerprint density at radius 1 is 1.29 bits per heavy atom. The van der Waals surface area contributed by atoms with Gasteiger partial charge in [-0.25, -0.2) is 0 Å². The van der Waals surface area contributed by atoms with E-state index in [0.717, 1.165) is 26.4 Å². The van der Waals surface area contributed by atoms with Crippen LogP contribution in [0.5, 0.6) is 0 Å². The largest absolute Gasteiger partial charge is 0.335 e. The highest BCUT2D eigenvalue weighted by atomic mass is 127. The molecule has 1 amide bonds. The summed E-state index contributed by atoms with van der Waals surface area (Å²) in [6.45, 7) is 0. The van der Waals surface area contributed by atoms with E-state index in [1.807, 2.05) is 30.1 Å². The number of halogens is 2. The number of amides is 1. The SMILES string of the molecule is CN(C(=O)c1cc(I)ccc1Br)C1CCc2ccccc21. The Balaban J connectivity index is 1.91. The van der Waals surface area contributed by atoms with Crippen molar-refractivity contribution >= 4 is 44.4 Å². The number of carbonyl (C=O) groups is 1. The van der Waals surface area contributed by atoms with Gasteiger partial charge in [0.15, 0.2) is 0 Å². The highest BCUT2D eigenvalue weighted by Crippen LogP contribution is 2.36. The standard InChI is InChI=1S/C17H15BrINO/c1-20(16-9-6-11-4-2-3-5-13(11)16)17(21)14-10-12(19)7-8-15(14)18/h2-5,7-8,10,16H,6,9H2,1H3. The Hall–Kier alpha value is -0.880. The van der Waals surface area contributed by atoms with Gasteiger partial charge in [0.25, 0.3) is 5.91 Å². The molecule has 2 nitrogen and oxygen atoms in total. The quantitative estimate of drug-likeness (QED) is 0.595. The zero-order chi connectivity index (χ0) is 15.0. The average Bonchev–Trinajstić information content (AvgIpc) is 2.92. The van der Waals surface area contributed by atoms with E-state index in [1.54, 1.807) is 0 Å². The van der Waals surface area contributed by atoms with E-state index in [9.17, 15) is 4.79 Å². The normalized spacial score (nSPS) is 16.6. The van der Waals surface area contributed by atoms with Gasteiger partial charge in [-0.3, -0.25) is 4.79 Å². The van der Waals surface area contributed by atoms with Crippen molar-refractivity contribution < 1.29 is 4.79 Å². The van der Waals surface area contributed by atoms with Crippen LogP contribution in [0.25, 0.3) is 0 Å². The Morgan fingerprint density at radius 2 is 2.05 bits per heavy atom. The molecule has 0 aliphatic heterocycles. The minimum atomic E-state index is 0.0714. The van der Waals surface area contributed by atoms with Gasteiger partial charge in [0.2, 0.25) is 0 Å². The fourth-order valence-electron chi connectivity index (χ4n) is 2.93. The van der Waals surface area contributed by atoms with E-state index in [-0.39, 0.29) is 11.9 Å². The second kappa shape index (κ2) is 6.08. The second-order valence-corrected chi connectivity index (χ2v) is 7.39. The van der Waals surface area contributed by atoms with Crippen molar-refractivity contribution in [2.24, 2.45) is 0 Å². The summed E-state index contributed by atoms with van der Waals surface area (Å²) < 4.78 is 1.92. The third-order valence-corrected chi connectivity index (χ3v) is 5.41. The van der Waals surface area contributed by atoms with E-state index in [2.05, 4.69) is 62.8 Å². The molecular weight excluding hydrogens is 441 g/mol. The maximum Gasteiger partial charge on any atom is 0.255 e. The minimum Gasteiger partial charge on any atom is -0.335 e. The number of aryl methyl sites for hydroxylation is 1. The molecule has 21 heavy (non-hydrogen) atoms. The zero-order valence-corrected chi connectivity index (χ0v) is 15.4. The highest BCUT2D eigenvalue weighted by Gasteiger charge is 2.29. The third-order valence-electron chi connectivity index (χ3n) is 4.05. The summed E-state index contributed by atoms with van der Waals surface area (Å²) in [6.07, 6.45) is 2.05. The molecule has 0 saturated carbocycles. The number of carbonyl (C=O) groups excluding carboxylic acids is 1. The van der Waals surface area contributed by atoms with E-state index in [0.29, 0.717) is 0 Å². The van der Waals surface area contributed by atoms with Gasteiger partial charge in [0, 0.05) is 15.1 Å². The predicted molar refractivity (Wildman–Crippen MR) is 96.5 cm³/mol. The molecule has 0 saturated heterocycles. The molecular formula is C17H15BrINO. The van der Waals surface area contributed by atoms with E-state index >= 15 is 0 Å². The van der Waals surface area contributed by atoms with Gasteiger partial charge >= 0.3 is 0 Å². The Labute approximate surface area is 146 Å². The number of hydrogen-bond donors (Lipinski definition) is 0.